The number of nitrogens with zero attached hydrogens (tertiary/aromatic N) is 1. The van der Waals surface area contributed by atoms with E-state index in [0.29, 0.717) is 25.1 Å². The number of ether oxygens (including phenoxy) is 1. The number of hydrogen-bond acceptors (Lipinski definition) is 4. The van der Waals surface area contributed by atoms with Crippen LogP contribution in [0.4, 0.5) is 0 Å². The van der Waals surface area contributed by atoms with Crippen molar-refractivity contribution >= 4 is 5.91 Å². The second kappa shape index (κ2) is 8.09. The zero-order chi connectivity index (χ0) is 13.2. The number of carbonyl (C=O) groups is 1. The normalized spacial score (nSPS) is 9.56. The summed E-state index contributed by atoms with van der Waals surface area (Å²) in [5, 5.41) is 19.6. The van der Waals surface area contributed by atoms with Crippen LogP contribution in [0, 0.1) is 11.3 Å². The monoisotopic (exact) mass is 248 g/mol. The van der Waals surface area contributed by atoms with E-state index in [-0.39, 0.29) is 19.1 Å². The first-order chi connectivity index (χ1) is 8.76. The zero-order valence-electron chi connectivity index (χ0n) is 10.1. The van der Waals surface area contributed by atoms with E-state index in [4.69, 9.17) is 15.1 Å². The van der Waals surface area contributed by atoms with Crippen molar-refractivity contribution in [3.8, 4) is 11.8 Å². The highest BCUT2D eigenvalue weighted by molar-refractivity contribution is 5.78. The number of rotatable bonds is 7. The average molecular weight is 248 g/mol. The molecule has 96 valence electrons. The van der Waals surface area contributed by atoms with Gasteiger partial charge in [-0.1, -0.05) is 12.1 Å². The fourth-order valence-electron chi connectivity index (χ4n) is 1.37. The maximum absolute atomic E-state index is 11.5. The first kappa shape index (κ1) is 14.0. The molecule has 5 nitrogen and oxygen atoms in total. The quantitative estimate of drug-likeness (QED) is 0.693. The highest BCUT2D eigenvalue weighted by Crippen LogP contribution is 2.12. The molecule has 1 rings (SSSR count). The molecular formula is C13H16N2O3. The Balaban J connectivity index is 2.38. The molecule has 0 heterocycles. The van der Waals surface area contributed by atoms with Crippen LogP contribution in [0.1, 0.15) is 12.0 Å². The van der Waals surface area contributed by atoms with Crippen LogP contribution in [0.2, 0.25) is 0 Å². The van der Waals surface area contributed by atoms with Crippen molar-refractivity contribution in [2.24, 2.45) is 0 Å². The number of carbonyl (C=O) groups excluding carboxylic acids is 1. The van der Waals surface area contributed by atoms with Crippen LogP contribution < -0.4 is 10.1 Å². The molecule has 0 saturated carbocycles. The molecule has 1 aromatic rings. The Hall–Kier alpha value is -2.06. The van der Waals surface area contributed by atoms with E-state index >= 15 is 0 Å². The topological polar surface area (TPSA) is 82.3 Å². The maximum atomic E-state index is 11.5. The Morgan fingerprint density at radius 2 is 2.11 bits per heavy atom. The molecule has 1 amide bonds. The van der Waals surface area contributed by atoms with Gasteiger partial charge in [-0.25, -0.2) is 0 Å². The molecule has 0 unspecified atom stereocenters. The Morgan fingerprint density at radius 1 is 1.39 bits per heavy atom. The average Bonchev–Trinajstić information content (AvgIpc) is 2.38. The van der Waals surface area contributed by atoms with Gasteiger partial charge in [-0.2, -0.15) is 5.26 Å². The lowest BCUT2D eigenvalue weighted by molar-refractivity contribution is -0.120. The molecule has 0 fully saturated rings. The largest absolute Gasteiger partial charge is 0.479 e. The highest BCUT2D eigenvalue weighted by Gasteiger charge is 2.02. The first-order valence-corrected chi connectivity index (χ1v) is 5.72. The molecular weight excluding hydrogens is 232 g/mol. The Morgan fingerprint density at radius 3 is 2.72 bits per heavy atom. The number of benzene rings is 1. The van der Waals surface area contributed by atoms with Gasteiger partial charge in [0.15, 0.2) is 6.61 Å². The van der Waals surface area contributed by atoms with E-state index in [0.717, 1.165) is 5.56 Å². The van der Waals surface area contributed by atoms with Gasteiger partial charge >= 0.3 is 0 Å². The number of nitrogens with one attached hydrogen (secondary N) is 1. The van der Waals surface area contributed by atoms with E-state index in [1.54, 1.807) is 24.3 Å². The standard InChI is InChI=1S/C13H16N2O3/c14-6-9-18-12-4-2-11(3-5-12)10-13(17)15-7-1-8-16/h2-5,16H,1,7-10H2,(H,15,17). The van der Waals surface area contributed by atoms with E-state index in [1.807, 2.05) is 6.07 Å². The molecule has 0 bridgehead atoms. The molecule has 0 aliphatic rings. The number of amides is 1. The van der Waals surface area contributed by atoms with Crippen LogP contribution in [0.25, 0.3) is 0 Å². The van der Waals surface area contributed by atoms with E-state index in [9.17, 15) is 4.79 Å². The van der Waals surface area contributed by atoms with Crippen LogP contribution in [0.3, 0.4) is 0 Å². The maximum Gasteiger partial charge on any atom is 0.224 e. The number of aliphatic hydroxyl groups excluding tert-OH is 1. The molecule has 1 aromatic carbocycles. The Labute approximate surface area is 106 Å². The van der Waals surface area contributed by atoms with Crippen molar-refractivity contribution in [2.75, 3.05) is 19.8 Å². The summed E-state index contributed by atoms with van der Waals surface area (Å²) in [7, 11) is 0. The van der Waals surface area contributed by atoms with Gasteiger partial charge in [0.25, 0.3) is 0 Å². The van der Waals surface area contributed by atoms with Gasteiger partial charge < -0.3 is 15.2 Å². The molecule has 0 radical (unpaired) electrons. The smallest absolute Gasteiger partial charge is 0.224 e. The lowest BCUT2D eigenvalue weighted by Gasteiger charge is -2.05. The molecule has 0 atom stereocenters. The molecule has 0 spiro atoms. The molecule has 18 heavy (non-hydrogen) atoms. The third kappa shape index (κ3) is 5.32. The minimum atomic E-state index is -0.0749. The summed E-state index contributed by atoms with van der Waals surface area (Å²) in [6.07, 6.45) is 0.858. The lowest BCUT2D eigenvalue weighted by Crippen LogP contribution is -2.26. The van der Waals surface area contributed by atoms with Crippen molar-refractivity contribution < 1.29 is 14.6 Å². The van der Waals surface area contributed by atoms with Crippen LogP contribution in [-0.4, -0.2) is 30.8 Å². The summed E-state index contributed by atoms with van der Waals surface area (Å²) in [5.41, 5.74) is 0.876. The zero-order valence-corrected chi connectivity index (χ0v) is 10.1. The summed E-state index contributed by atoms with van der Waals surface area (Å²) in [6, 6.07) is 8.92. The van der Waals surface area contributed by atoms with Gasteiger partial charge in [0.05, 0.1) is 6.42 Å². The third-order valence-corrected chi connectivity index (χ3v) is 2.25. The Bertz CT molecular complexity index is 409. The van der Waals surface area contributed by atoms with Crippen molar-refractivity contribution in [1.82, 2.24) is 5.32 Å². The SMILES string of the molecule is N#CCOc1ccc(CC(=O)NCCCO)cc1. The number of hydrogen-bond donors (Lipinski definition) is 2. The molecule has 0 aliphatic carbocycles. The summed E-state index contributed by atoms with van der Waals surface area (Å²) in [4.78, 5) is 11.5. The van der Waals surface area contributed by atoms with Gasteiger partial charge in [-0.05, 0) is 24.1 Å². The molecule has 0 saturated heterocycles. The van der Waals surface area contributed by atoms with Crippen LogP contribution in [0.15, 0.2) is 24.3 Å². The fraction of sp³-hybridized carbons (Fsp3) is 0.385. The fourth-order valence-corrected chi connectivity index (χ4v) is 1.37. The van der Waals surface area contributed by atoms with Crippen molar-refractivity contribution in [1.29, 1.82) is 5.26 Å². The Kier molecular flexibility index (Phi) is 6.30. The van der Waals surface area contributed by atoms with Crippen LogP contribution in [0.5, 0.6) is 5.75 Å². The third-order valence-electron chi connectivity index (χ3n) is 2.25. The first-order valence-electron chi connectivity index (χ1n) is 5.72. The summed E-state index contributed by atoms with van der Waals surface area (Å²) in [5.74, 6) is 0.537. The predicted octanol–water partition coefficient (Wildman–Crippen LogP) is 0.630. The van der Waals surface area contributed by atoms with Gasteiger partial charge in [0.1, 0.15) is 11.8 Å². The van der Waals surface area contributed by atoms with Gasteiger partial charge in [0, 0.05) is 13.2 Å². The van der Waals surface area contributed by atoms with Crippen LogP contribution >= 0.6 is 0 Å². The lowest BCUT2D eigenvalue weighted by atomic mass is 10.1. The summed E-state index contributed by atoms with van der Waals surface area (Å²) < 4.78 is 5.11. The predicted molar refractivity (Wildman–Crippen MR) is 66.0 cm³/mol. The molecule has 5 heteroatoms. The van der Waals surface area contributed by atoms with E-state index in [2.05, 4.69) is 5.32 Å². The second-order valence-corrected chi connectivity index (χ2v) is 3.69. The van der Waals surface area contributed by atoms with E-state index in [1.165, 1.54) is 0 Å². The number of aliphatic hydroxyl groups is 1. The molecule has 0 aromatic heterocycles. The van der Waals surface area contributed by atoms with Gasteiger partial charge in [0.2, 0.25) is 5.91 Å². The van der Waals surface area contributed by atoms with Crippen molar-refractivity contribution in [3.63, 3.8) is 0 Å². The summed E-state index contributed by atoms with van der Waals surface area (Å²) in [6.45, 7) is 0.574. The minimum absolute atomic E-state index is 0.0149. The summed E-state index contributed by atoms with van der Waals surface area (Å²) >= 11 is 0. The van der Waals surface area contributed by atoms with Gasteiger partial charge in [-0.3, -0.25) is 4.79 Å². The molecule has 2 N–H and O–H groups in total. The molecule has 0 aliphatic heterocycles. The highest BCUT2D eigenvalue weighted by atomic mass is 16.5. The number of nitriles is 1. The van der Waals surface area contributed by atoms with Crippen molar-refractivity contribution in [2.45, 2.75) is 12.8 Å². The van der Waals surface area contributed by atoms with E-state index < -0.39 is 0 Å². The van der Waals surface area contributed by atoms with Gasteiger partial charge in [-0.15, -0.1) is 0 Å². The van der Waals surface area contributed by atoms with Crippen molar-refractivity contribution in [3.05, 3.63) is 29.8 Å². The second-order valence-electron chi connectivity index (χ2n) is 3.69. The minimum Gasteiger partial charge on any atom is -0.479 e. The van der Waals surface area contributed by atoms with Crippen LogP contribution in [-0.2, 0) is 11.2 Å².